The lowest BCUT2D eigenvalue weighted by atomic mass is 10.2. The first kappa shape index (κ1) is 14.6. The van der Waals surface area contributed by atoms with Crippen molar-refractivity contribution in [1.29, 1.82) is 0 Å². The lowest BCUT2D eigenvalue weighted by Crippen LogP contribution is -2.39. The van der Waals surface area contributed by atoms with Gasteiger partial charge in [-0.3, -0.25) is 4.68 Å². The van der Waals surface area contributed by atoms with Gasteiger partial charge in [-0.1, -0.05) is 5.16 Å². The molecular formula is C12H15N5O4S. The molecule has 0 aliphatic heterocycles. The van der Waals surface area contributed by atoms with Gasteiger partial charge >= 0.3 is 6.03 Å². The monoisotopic (exact) mass is 325 g/mol. The zero-order chi connectivity index (χ0) is 15.7. The van der Waals surface area contributed by atoms with E-state index in [1.54, 1.807) is 0 Å². The van der Waals surface area contributed by atoms with Gasteiger partial charge in [0.15, 0.2) is 5.03 Å². The van der Waals surface area contributed by atoms with Gasteiger partial charge < -0.3 is 9.84 Å². The van der Waals surface area contributed by atoms with E-state index in [9.17, 15) is 13.2 Å². The van der Waals surface area contributed by atoms with E-state index >= 15 is 0 Å². The molecular weight excluding hydrogens is 310 g/mol. The highest BCUT2D eigenvalue weighted by atomic mass is 32.2. The van der Waals surface area contributed by atoms with E-state index in [1.165, 1.54) is 30.2 Å². The number of amides is 2. The molecule has 10 heteroatoms. The van der Waals surface area contributed by atoms with E-state index in [-0.39, 0.29) is 11.6 Å². The fourth-order valence-corrected chi connectivity index (χ4v) is 3.15. The summed E-state index contributed by atoms with van der Waals surface area (Å²) in [6, 6.07) is 0.491. The highest BCUT2D eigenvalue weighted by molar-refractivity contribution is 7.90. The molecule has 2 aromatic heterocycles. The molecule has 2 N–H and O–H groups in total. The van der Waals surface area contributed by atoms with Crippen LogP contribution in [0, 0.1) is 0 Å². The van der Waals surface area contributed by atoms with E-state index in [1.807, 2.05) is 4.72 Å². The number of nitrogens with one attached hydrogen (secondary N) is 2. The van der Waals surface area contributed by atoms with Crippen molar-refractivity contribution in [2.75, 3.05) is 0 Å². The van der Waals surface area contributed by atoms with Crippen LogP contribution in [0.1, 0.15) is 30.1 Å². The molecule has 2 aromatic rings. The Morgan fingerprint density at radius 2 is 2.27 bits per heavy atom. The average Bonchev–Trinajstić information content (AvgIpc) is 3.01. The first-order valence-corrected chi connectivity index (χ1v) is 8.18. The summed E-state index contributed by atoms with van der Waals surface area (Å²) in [6.45, 7) is 0.155. The number of hydrogen-bond donors (Lipinski definition) is 2. The van der Waals surface area contributed by atoms with Gasteiger partial charge in [0.05, 0.1) is 12.4 Å². The number of hydrogen-bond acceptors (Lipinski definition) is 6. The van der Waals surface area contributed by atoms with Gasteiger partial charge in [-0.25, -0.2) is 9.52 Å². The van der Waals surface area contributed by atoms with E-state index < -0.39 is 16.1 Å². The average molecular weight is 325 g/mol. The molecule has 1 saturated carbocycles. The minimum atomic E-state index is -3.95. The van der Waals surface area contributed by atoms with Gasteiger partial charge in [0.2, 0.25) is 0 Å². The second-order valence-corrected chi connectivity index (χ2v) is 6.70. The SMILES string of the molecule is Cn1nccc1S(=O)(=O)NC(=O)NCc1cnoc1C1CC1. The number of aryl methyl sites for hydroxylation is 1. The third-order valence-corrected chi connectivity index (χ3v) is 4.75. The molecule has 0 radical (unpaired) electrons. The minimum Gasteiger partial charge on any atom is -0.361 e. The third-order valence-electron chi connectivity index (χ3n) is 3.34. The standard InChI is InChI=1S/C12H15N5O4S/c1-17-10(4-5-14-17)22(19,20)16-12(18)13-6-9-7-15-21-11(9)8-2-3-8/h4-5,7-8H,2-3,6H2,1H3,(H2,13,16,18). The molecule has 22 heavy (non-hydrogen) atoms. The fraction of sp³-hybridized carbons (Fsp3) is 0.417. The molecule has 0 atom stereocenters. The summed E-state index contributed by atoms with van der Waals surface area (Å²) < 4.78 is 32.3. The van der Waals surface area contributed by atoms with Gasteiger partial charge in [0.1, 0.15) is 5.76 Å². The van der Waals surface area contributed by atoms with Gasteiger partial charge in [-0.15, -0.1) is 0 Å². The molecule has 9 nitrogen and oxygen atoms in total. The Hall–Kier alpha value is -2.36. The molecule has 0 unspecified atom stereocenters. The van der Waals surface area contributed by atoms with E-state index in [0.29, 0.717) is 5.92 Å². The van der Waals surface area contributed by atoms with Crippen LogP contribution in [0.5, 0.6) is 0 Å². The van der Waals surface area contributed by atoms with Crippen molar-refractivity contribution in [1.82, 2.24) is 25.0 Å². The third kappa shape index (κ3) is 2.96. The summed E-state index contributed by atoms with van der Waals surface area (Å²) in [7, 11) is -2.47. The van der Waals surface area contributed by atoms with Crippen LogP contribution < -0.4 is 10.0 Å². The van der Waals surface area contributed by atoms with Crippen LogP contribution in [-0.4, -0.2) is 29.4 Å². The Labute approximate surface area is 126 Å². The normalized spacial score (nSPS) is 14.8. The van der Waals surface area contributed by atoms with Crippen LogP contribution in [0.4, 0.5) is 4.79 Å². The number of urea groups is 1. The Bertz CT molecular complexity index is 790. The first-order valence-electron chi connectivity index (χ1n) is 6.69. The van der Waals surface area contributed by atoms with Gasteiger partial charge in [0, 0.05) is 25.1 Å². The van der Waals surface area contributed by atoms with Crippen molar-refractivity contribution in [2.45, 2.75) is 30.3 Å². The Balaban J connectivity index is 1.61. The Morgan fingerprint density at radius 3 is 2.91 bits per heavy atom. The van der Waals surface area contributed by atoms with E-state index in [0.717, 1.165) is 24.2 Å². The van der Waals surface area contributed by atoms with Crippen molar-refractivity contribution in [3.8, 4) is 0 Å². The topological polar surface area (TPSA) is 119 Å². The predicted octanol–water partition coefficient (Wildman–Crippen LogP) is 0.474. The van der Waals surface area contributed by atoms with Crippen molar-refractivity contribution < 1.29 is 17.7 Å². The zero-order valence-electron chi connectivity index (χ0n) is 11.8. The van der Waals surface area contributed by atoms with E-state index in [4.69, 9.17) is 4.52 Å². The second kappa shape index (κ2) is 5.44. The Kier molecular flexibility index (Phi) is 3.61. The minimum absolute atomic E-state index is 0.0914. The smallest absolute Gasteiger partial charge is 0.329 e. The van der Waals surface area contributed by atoms with Crippen molar-refractivity contribution in [3.05, 3.63) is 29.8 Å². The Morgan fingerprint density at radius 1 is 1.50 bits per heavy atom. The fourth-order valence-electron chi connectivity index (χ4n) is 2.10. The van der Waals surface area contributed by atoms with Crippen LogP contribution in [0.2, 0.25) is 0 Å². The van der Waals surface area contributed by atoms with Crippen LogP contribution in [0.15, 0.2) is 28.0 Å². The van der Waals surface area contributed by atoms with Crippen molar-refractivity contribution in [3.63, 3.8) is 0 Å². The van der Waals surface area contributed by atoms with Gasteiger partial charge in [0.25, 0.3) is 10.0 Å². The van der Waals surface area contributed by atoms with Crippen LogP contribution in [0.25, 0.3) is 0 Å². The summed E-state index contributed by atoms with van der Waals surface area (Å²) in [6.07, 6.45) is 4.96. The zero-order valence-corrected chi connectivity index (χ0v) is 12.6. The number of carbonyl (C=O) groups excluding carboxylic acids is 1. The summed E-state index contributed by atoms with van der Waals surface area (Å²) in [5.74, 6) is 1.12. The molecule has 2 heterocycles. The van der Waals surface area contributed by atoms with Crippen molar-refractivity contribution >= 4 is 16.1 Å². The van der Waals surface area contributed by atoms with Crippen LogP contribution in [0.3, 0.4) is 0 Å². The highest BCUT2D eigenvalue weighted by Gasteiger charge is 2.30. The number of carbonyl (C=O) groups is 1. The molecule has 0 aromatic carbocycles. The quantitative estimate of drug-likeness (QED) is 0.825. The van der Waals surface area contributed by atoms with Crippen LogP contribution in [-0.2, 0) is 23.6 Å². The molecule has 118 valence electrons. The summed E-state index contributed by atoms with van der Waals surface area (Å²) in [5.41, 5.74) is 0.760. The van der Waals surface area contributed by atoms with Gasteiger partial charge in [-0.2, -0.15) is 13.5 Å². The number of sulfonamides is 1. The lowest BCUT2D eigenvalue weighted by Gasteiger charge is -2.08. The number of rotatable bonds is 5. The molecule has 1 aliphatic carbocycles. The molecule has 3 rings (SSSR count). The van der Waals surface area contributed by atoms with Crippen LogP contribution >= 0.6 is 0 Å². The molecule has 1 aliphatic rings. The lowest BCUT2D eigenvalue weighted by molar-refractivity contribution is 0.245. The molecule has 0 saturated heterocycles. The van der Waals surface area contributed by atoms with Gasteiger partial charge in [-0.05, 0) is 18.9 Å². The predicted molar refractivity (Wildman–Crippen MR) is 74.2 cm³/mol. The molecule has 0 spiro atoms. The van der Waals surface area contributed by atoms with E-state index in [2.05, 4.69) is 15.6 Å². The molecule has 0 bridgehead atoms. The first-order chi connectivity index (χ1) is 10.5. The number of nitrogens with zero attached hydrogens (tertiary/aromatic N) is 3. The maximum absolute atomic E-state index is 12.0. The maximum atomic E-state index is 12.0. The summed E-state index contributed by atoms with van der Waals surface area (Å²) >= 11 is 0. The molecule has 2 amide bonds. The second-order valence-electron chi connectivity index (χ2n) is 5.07. The van der Waals surface area contributed by atoms with Crippen molar-refractivity contribution in [2.24, 2.45) is 7.05 Å². The highest BCUT2D eigenvalue weighted by Crippen LogP contribution is 2.41. The summed E-state index contributed by atoms with van der Waals surface area (Å²) in [4.78, 5) is 11.8. The summed E-state index contributed by atoms with van der Waals surface area (Å²) in [5, 5.41) is 9.87. The number of aromatic nitrogens is 3. The molecule has 1 fully saturated rings. The largest absolute Gasteiger partial charge is 0.361 e. The maximum Gasteiger partial charge on any atom is 0.329 e.